The molecule has 0 aromatic carbocycles. The summed E-state index contributed by atoms with van der Waals surface area (Å²) in [4.78, 5) is 0. The molecule has 0 spiro atoms. The summed E-state index contributed by atoms with van der Waals surface area (Å²) in [5, 5.41) is 21.4. The number of aliphatic hydroxyl groups is 1. The van der Waals surface area contributed by atoms with Gasteiger partial charge in [0.15, 0.2) is 0 Å². The van der Waals surface area contributed by atoms with Crippen LogP contribution in [-0.4, -0.2) is 36.5 Å². The molecule has 0 fully saturated rings. The minimum atomic E-state index is 0.189. The van der Waals surface area contributed by atoms with Gasteiger partial charge < -0.3 is 5.11 Å². The van der Waals surface area contributed by atoms with Crippen LogP contribution in [0.25, 0.3) is 0 Å². The van der Waals surface area contributed by atoms with Crippen LogP contribution < -0.4 is 0 Å². The zero-order valence-electron chi connectivity index (χ0n) is 10.9. The molecule has 0 unspecified atom stereocenters. The topological polar surface area (TPSA) is 68.8 Å². The molecule has 0 aliphatic heterocycles. The Morgan fingerprint density at radius 1 is 1.39 bits per heavy atom. The summed E-state index contributed by atoms with van der Waals surface area (Å²) < 4.78 is 3.79. The van der Waals surface area contributed by atoms with Crippen molar-refractivity contribution >= 4 is 0 Å². The molecule has 0 aliphatic rings. The number of hydrogen-bond donors (Lipinski definition) is 1. The average molecular weight is 249 g/mol. The minimum Gasteiger partial charge on any atom is -0.396 e. The highest BCUT2D eigenvalue weighted by Crippen LogP contribution is 2.06. The third kappa shape index (κ3) is 2.95. The standard InChI is InChI=1S/C12H19N5O/c1-3-17-12(7-10(2)14-17)9-16-8-11(13-15-16)5-4-6-18/h7-8,18H,3-6,9H2,1-2H3. The first-order valence-corrected chi connectivity index (χ1v) is 6.26. The Balaban J connectivity index is 2.06. The lowest BCUT2D eigenvalue weighted by Gasteiger charge is -2.03. The quantitative estimate of drug-likeness (QED) is 0.821. The fraction of sp³-hybridized carbons (Fsp3) is 0.583. The van der Waals surface area contributed by atoms with Gasteiger partial charge in [0.2, 0.25) is 0 Å². The van der Waals surface area contributed by atoms with Crippen LogP contribution >= 0.6 is 0 Å². The molecule has 0 amide bonds. The molecule has 0 saturated heterocycles. The third-order valence-corrected chi connectivity index (χ3v) is 2.79. The second-order valence-corrected chi connectivity index (χ2v) is 4.33. The van der Waals surface area contributed by atoms with Crippen molar-refractivity contribution in [3.05, 3.63) is 29.3 Å². The van der Waals surface area contributed by atoms with Crippen LogP contribution in [0, 0.1) is 6.92 Å². The molecule has 0 atom stereocenters. The monoisotopic (exact) mass is 249 g/mol. The van der Waals surface area contributed by atoms with Crippen molar-refractivity contribution in [2.75, 3.05) is 6.61 Å². The largest absolute Gasteiger partial charge is 0.396 e. The van der Waals surface area contributed by atoms with E-state index in [1.165, 1.54) is 0 Å². The number of aliphatic hydroxyl groups excluding tert-OH is 1. The van der Waals surface area contributed by atoms with E-state index in [0.29, 0.717) is 6.54 Å². The first kappa shape index (κ1) is 12.8. The molecule has 2 rings (SSSR count). The summed E-state index contributed by atoms with van der Waals surface area (Å²) in [6, 6.07) is 2.07. The van der Waals surface area contributed by atoms with Gasteiger partial charge in [-0.1, -0.05) is 5.21 Å². The molecule has 0 saturated carbocycles. The SMILES string of the molecule is CCn1nc(C)cc1Cn1cc(CCCO)nn1. The fourth-order valence-electron chi connectivity index (χ4n) is 1.96. The Labute approximate surface area is 106 Å². The average Bonchev–Trinajstić information content (AvgIpc) is 2.94. The highest BCUT2D eigenvalue weighted by Gasteiger charge is 2.06. The first-order chi connectivity index (χ1) is 8.72. The van der Waals surface area contributed by atoms with Gasteiger partial charge in [0, 0.05) is 19.3 Å². The summed E-state index contributed by atoms with van der Waals surface area (Å²) in [6.07, 6.45) is 3.42. The smallest absolute Gasteiger partial charge is 0.0846 e. The van der Waals surface area contributed by atoms with Gasteiger partial charge in [0.25, 0.3) is 0 Å². The second-order valence-electron chi connectivity index (χ2n) is 4.33. The van der Waals surface area contributed by atoms with Gasteiger partial charge in [-0.3, -0.25) is 4.68 Å². The second kappa shape index (κ2) is 5.77. The molecule has 2 aromatic heterocycles. The maximum atomic E-state index is 8.77. The van der Waals surface area contributed by atoms with Crippen molar-refractivity contribution in [1.29, 1.82) is 0 Å². The molecule has 18 heavy (non-hydrogen) atoms. The molecular weight excluding hydrogens is 230 g/mol. The Bertz CT molecular complexity index is 502. The molecule has 0 radical (unpaired) electrons. The lowest BCUT2D eigenvalue weighted by Crippen LogP contribution is -2.08. The lowest BCUT2D eigenvalue weighted by molar-refractivity contribution is 0.288. The Hall–Kier alpha value is -1.69. The van der Waals surface area contributed by atoms with E-state index >= 15 is 0 Å². The molecule has 0 aliphatic carbocycles. The van der Waals surface area contributed by atoms with Gasteiger partial charge in [-0.15, -0.1) is 5.10 Å². The normalized spacial score (nSPS) is 11.1. The van der Waals surface area contributed by atoms with E-state index in [9.17, 15) is 0 Å². The van der Waals surface area contributed by atoms with Crippen molar-refractivity contribution in [2.45, 2.75) is 39.8 Å². The number of aromatic nitrogens is 5. The zero-order chi connectivity index (χ0) is 13.0. The van der Waals surface area contributed by atoms with E-state index in [1.807, 2.05) is 22.5 Å². The van der Waals surface area contributed by atoms with Crippen molar-refractivity contribution in [1.82, 2.24) is 24.8 Å². The van der Waals surface area contributed by atoms with E-state index in [1.54, 1.807) is 0 Å². The number of hydrogen-bond acceptors (Lipinski definition) is 4. The highest BCUT2D eigenvalue weighted by atomic mass is 16.2. The van der Waals surface area contributed by atoms with Crippen LogP contribution in [0.1, 0.15) is 30.4 Å². The molecule has 6 nitrogen and oxygen atoms in total. The summed E-state index contributed by atoms with van der Waals surface area (Å²) in [6.45, 7) is 5.79. The van der Waals surface area contributed by atoms with E-state index in [0.717, 1.165) is 36.5 Å². The first-order valence-electron chi connectivity index (χ1n) is 6.26. The van der Waals surface area contributed by atoms with Gasteiger partial charge in [-0.25, -0.2) is 4.68 Å². The summed E-state index contributed by atoms with van der Waals surface area (Å²) in [5.74, 6) is 0. The Kier molecular flexibility index (Phi) is 4.09. The molecule has 6 heteroatoms. The Morgan fingerprint density at radius 2 is 2.22 bits per heavy atom. The molecule has 1 N–H and O–H groups in total. The van der Waals surface area contributed by atoms with E-state index < -0.39 is 0 Å². The summed E-state index contributed by atoms with van der Waals surface area (Å²) in [7, 11) is 0. The van der Waals surface area contributed by atoms with E-state index in [-0.39, 0.29) is 6.61 Å². The van der Waals surface area contributed by atoms with Crippen LogP contribution in [0.4, 0.5) is 0 Å². The van der Waals surface area contributed by atoms with Crippen LogP contribution in [0.2, 0.25) is 0 Å². The van der Waals surface area contributed by atoms with Crippen molar-refractivity contribution in [3.63, 3.8) is 0 Å². The van der Waals surface area contributed by atoms with Gasteiger partial charge in [-0.05, 0) is 32.8 Å². The predicted molar refractivity (Wildman–Crippen MR) is 67.2 cm³/mol. The molecule has 2 heterocycles. The number of nitrogens with zero attached hydrogens (tertiary/aromatic N) is 5. The molecular formula is C12H19N5O. The predicted octanol–water partition coefficient (Wildman–Crippen LogP) is 0.776. The molecule has 98 valence electrons. The number of aryl methyl sites for hydroxylation is 3. The van der Waals surface area contributed by atoms with Crippen LogP contribution in [0.3, 0.4) is 0 Å². The van der Waals surface area contributed by atoms with Gasteiger partial charge in [-0.2, -0.15) is 5.10 Å². The number of rotatable bonds is 6. The van der Waals surface area contributed by atoms with Crippen molar-refractivity contribution < 1.29 is 5.11 Å². The third-order valence-electron chi connectivity index (χ3n) is 2.79. The van der Waals surface area contributed by atoms with Gasteiger partial charge in [0.1, 0.15) is 0 Å². The van der Waals surface area contributed by atoms with Crippen LogP contribution in [-0.2, 0) is 19.5 Å². The molecule has 0 bridgehead atoms. The Morgan fingerprint density at radius 3 is 2.94 bits per heavy atom. The highest BCUT2D eigenvalue weighted by molar-refractivity contribution is 5.09. The molecule has 2 aromatic rings. The zero-order valence-corrected chi connectivity index (χ0v) is 10.9. The van der Waals surface area contributed by atoms with Crippen molar-refractivity contribution in [3.8, 4) is 0 Å². The van der Waals surface area contributed by atoms with E-state index in [2.05, 4.69) is 28.4 Å². The maximum absolute atomic E-state index is 8.77. The minimum absolute atomic E-state index is 0.189. The summed E-state index contributed by atoms with van der Waals surface area (Å²) in [5.41, 5.74) is 3.07. The van der Waals surface area contributed by atoms with Gasteiger partial charge in [0.05, 0.1) is 23.6 Å². The fourth-order valence-corrected chi connectivity index (χ4v) is 1.96. The maximum Gasteiger partial charge on any atom is 0.0846 e. The van der Waals surface area contributed by atoms with E-state index in [4.69, 9.17) is 5.11 Å². The lowest BCUT2D eigenvalue weighted by atomic mass is 10.2. The van der Waals surface area contributed by atoms with Crippen molar-refractivity contribution in [2.24, 2.45) is 0 Å². The van der Waals surface area contributed by atoms with Crippen LogP contribution in [0.15, 0.2) is 12.3 Å². The van der Waals surface area contributed by atoms with Gasteiger partial charge >= 0.3 is 0 Å². The summed E-state index contributed by atoms with van der Waals surface area (Å²) >= 11 is 0. The van der Waals surface area contributed by atoms with Crippen LogP contribution in [0.5, 0.6) is 0 Å².